The number of anilines is 1. The minimum atomic E-state index is -0.469. The lowest BCUT2D eigenvalue weighted by atomic mass is 10.1. The molecule has 0 aromatic heterocycles. The Morgan fingerprint density at radius 1 is 1.21 bits per heavy atom. The Bertz CT molecular complexity index is 617. The van der Waals surface area contributed by atoms with E-state index in [1.807, 2.05) is 43.3 Å². The number of nitriles is 1. The molecule has 1 atom stereocenters. The van der Waals surface area contributed by atoms with Gasteiger partial charge >= 0.3 is 0 Å². The molecule has 0 aliphatic carbocycles. The third-order valence-electron chi connectivity index (χ3n) is 2.77. The summed E-state index contributed by atoms with van der Waals surface area (Å²) in [6.07, 6.45) is 0. The molecule has 0 aliphatic rings. The molecule has 0 saturated heterocycles. The van der Waals surface area contributed by atoms with Crippen molar-refractivity contribution >= 4 is 33.2 Å². The predicted molar refractivity (Wildman–Crippen MR) is 82.3 cm³/mol. The van der Waals surface area contributed by atoms with Crippen molar-refractivity contribution in [2.45, 2.75) is 13.0 Å². The zero-order valence-corrected chi connectivity index (χ0v) is 12.7. The fourth-order valence-electron chi connectivity index (χ4n) is 1.73. The molecule has 0 amide bonds. The molecule has 1 N–H and O–H groups in total. The van der Waals surface area contributed by atoms with Crippen molar-refractivity contribution in [1.29, 1.82) is 5.26 Å². The first-order chi connectivity index (χ1) is 9.10. The molecule has 96 valence electrons. The topological polar surface area (TPSA) is 35.8 Å². The van der Waals surface area contributed by atoms with Crippen molar-refractivity contribution in [2.75, 3.05) is 5.32 Å². The molecule has 4 heteroatoms. The van der Waals surface area contributed by atoms with E-state index in [0.717, 1.165) is 15.7 Å². The Hall–Kier alpha value is -1.50. The van der Waals surface area contributed by atoms with Gasteiger partial charge in [-0.3, -0.25) is 0 Å². The molecule has 2 aromatic carbocycles. The van der Waals surface area contributed by atoms with Crippen molar-refractivity contribution < 1.29 is 0 Å². The summed E-state index contributed by atoms with van der Waals surface area (Å²) in [6.45, 7) is 2.02. The Morgan fingerprint density at radius 2 is 1.89 bits per heavy atom. The third kappa shape index (κ3) is 3.50. The SMILES string of the molecule is Cc1ccc(NC(C#N)c2ccc(Br)cc2Cl)cc1. The van der Waals surface area contributed by atoms with Crippen LogP contribution in [-0.2, 0) is 0 Å². The van der Waals surface area contributed by atoms with E-state index in [2.05, 4.69) is 27.3 Å². The van der Waals surface area contributed by atoms with Gasteiger partial charge in [0.1, 0.15) is 6.04 Å². The maximum absolute atomic E-state index is 9.31. The second-order valence-electron chi connectivity index (χ2n) is 4.24. The summed E-state index contributed by atoms with van der Waals surface area (Å²) in [5.74, 6) is 0. The Labute approximate surface area is 126 Å². The van der Waals surface area contributed by atoms with Crippen LogP contribution in [0.3, 0.4) is 0 Å². The monoisotopic (exact) mass is 334 g/mol. The molecule has 0 fully saturated rings. The highest BCUT2D eigenvalue weighted by Gasteiger charge is 2.14. The van der Waals surface area contributed by atoms with Crippen LogP contribution in [0.2, 0.25) is 5.02 Å². The van der Waals surface area contributed by atoms with Gasteiger partial charge in [-0.1, -0.05) is 51.3 Å². The van der Waals surface area contributed by atoms with Crippen LogP contribution in [0, 0.1) is 18.3 Å². The largest absolute Gasteiger partial charge is 0.366 e. The lowest BCUT2D eigenvalue weighted by molar-refractivity contribution is 0.997. The highest BCUT2D eigenvalue weighted by molar-refractivity contribution is 9.10. The first-order valence-electron chi connectivity index (χ1n) is 5.78. The summed E-state index contributed by atoms with van der Waals surface area (Å²) in [4.78, 5) is 0. The Balaban J connectivity index is 2.25. The first kappa shape index (κ1) is 13.9. The van der Waals surface area contributed by atoms with E-state index in [9.17, 15) is 5.26 Å². The van der Waals surface area contributed by atoms with E-state index in [1.54, 1.807) is 6.07 Å². The number of halogens is 2. The van der Waals surface area contributed by atoms with Gasteiger partial charge in [-0.15, -0.1) is 0 Å². The van der Waals surface area contributed by atoms with E-state index in [4.69, 9.17) is 11.6 Å². The highest BCUT2D eigenvalue weighted by atomic mass is 79.9. The van der Waals surface area contributed by atoms with Gasteiger partial charge in [0.05, 0.1) is 6.07 Å². The van der Waals surface area contributed by atoms with Crippen molar-refractivity contribution in [1.82, 2.24) is 0 Å². The van der Waals surface area contributed by atoms with Crippen LogP contribution in [0.25, 0.3) is 0 Å². The van der Waals surface area contributed by atoms with Gasteiger partial charge in [0.2, 0.25) is 0 Å². The number of rotatable bonds is 3. The van der Waals surface area contributed by atoms with Crippen LogP contribution in [0.15, 0.2) is 46.9 Å². The van der Waals surface area contributed by atoms with Crippen molar-refractivity contribution in [3.63, 3.8) is 0 Å². The molecule has 2 rings (SSSR count). The van der Waals surface area contributed by atoms with Gasteiger partial charge in [0.25, 0.3) is 0 Å². The van der Waals surface area contributed by atoms with Crippen molar-refractivity contribution in [3.05, 3.63) is 63.1 Å². The van der Waals surface area contributed by atoms with Gasteiger partial charge in [0, 0.05) is 20.7 Å². The number of nitrogens with one attached hydrogen (secondary N) is 1. The first-order valence-corrected chi connectivity index (χ1v) is 6.95. The second kappa shape index (κ2) is 6.10. The summed E-state index contributed by atoms with van der Waals surface area (Å²) in [7, 11) is 0. The summed E-state index contributed by atoms with van der Waals surface area (Å²) >= 11 is 9.53. The number of benzene rings is 2. The molecule has 2 aromatic rings. The van der Waals surface area contributed by atoms with E-state index >= 15 is 0 Å². The maximum Gasteiger partial charge on any atom is 0.141 e. The number of hydrogen-bond acceptors (Lipinski definition) is 2. The minimum Gasteiger partial charge on any atom is -0.366 e. The fraction of sp³-hybridized carbons (Fsp3) is 0.133. The van der Waals surface area contributed by atoms with Crippen LogP contribution in [0.1, 0.15) is 17.2 Å². The molecule has 0 aliphatic heterocycles. The average Bonchev–Trinajstić information content (AvgIpc) is 2.39. The van der Waals surface area contributed by atoms with Crippen LogP contribution in [0.4, 0.5) is 5.69 Å². The Morgan fingerprint density at radius 3 is 2.47 bits per heavy atom. The van der Waals surface area contributed by atoms with Gasteiger partial charge in [-0.05, 0) is 31.2 Å². The van der Waals surface area contributed by atoms with Crippen LogP contribution in [0.5, 0.6) is 0 Å². The molecule has 2 nitrogen and oxygen atoms in total. The smallest absolute Gasteiger partial charge is 0.141 e. The van der Waals surface area contributed by atoms with Crippen LogP contribution in [-0.4, -0.2) is 0 Å². The van der Waals surface area contributed by atoms with E-state index in [0.29, 0.717) is 5.02 Å². The standard InChI is InChI=1S/C15H12BrClN2/c1-10-2-5-12(6-3-10)19-15(9-18)13-7-4-11(16)8-14(13)17/h2-8,15,19H,1H3. The zero-order chi connectivity index (χ0) is 13.8. The molecule has 1 unspecified atom stereocenters. The molecular formula is C15H12BrClN2. The van der Waals surface area contributed by atoms with Crippen LogP contribution < -0.4 is 5.32 Å². The molecule has 19 heavy (non-hydrogen) atoms. The average molecular weight is 336 g/mol. The summed E-state index contributed by atoms with van der Waals surface area (Å²) in [6, 6.07) is 15.2. The normalized spacial score (nSPS) is 11.7. The van der Waals surface area contributed by atoms with Gasteiger partial charge in [-0.2, -0.15) is 5.26 Å². The van der Waals surface area contributed by atoms with Gasteiger partial charge < -0.3 is 5.32 Å². The van der Waals surface area contributed by atoms with E-state index < -0.39 is 6.04 Å². The highest BCUT2D eigenvalue weighted by Crippen LogP contribution is 2.28. The number of aryl methyl sites for hydroxylation is 1. The molecule has 0 spiro atoms. The fourth-order valence-corrected chi connectivity index (χ4v) is 2.51. The summed E-state index contributed by atoms with van der Waals surface area (Å²) < 4.78 is 0.897. The zero-order valence-electron chi connectivity index (χ0n) is 10.3. The summed E-state index contributed by atoms with van der Waals surface area (Å²) in [5, 5.41) is 13.0. The van der Waals surface area contributed by atoms with E-state index in [1.165, 1.54) is 5.56 Å². The van der Waals surface area contributed by atoms with Crippen molar-refractivity contribution in [2.24, 2.45) is 0 Å². The quantitative estimate of drug-likeness (QED) is 0.848. The lowest BCUT2D eigenvalue weighted by Crippen LogP contribution is -2.09. The maximum atomic E-state index is 9.31. The molecule has 0 saturated carbocycles. The third-order valence-corrected chi connectivity index (χ3v) is 3.59. The van der Waals surface area contributed by atoms with Crippen LogP contribution >= 0.6 is 27.5 Å². The number of nitrogens with zero attached hydrogens (tertiary/aromatic N) is 1. The summed E-state index contributed by atoms with van der Waals surface area (Å²) in [5.41, 5.74) is 2.85. The molecule has 0 radical (unpaired) electrons. The lowest BCUT2D eigenvalue weighted by Gasteiger charge is -2.15. The number of hydrogen-bond donors (Lipinski definition) is 1. The molecule has 0 bridgehead atoms. The van der Waals surface area contributed by atoms with Crippen molar-refractivity contribution in [3.8, 4) is 6.07 Å². The minimum absolute atomic E-state index is 0.469. The van der Waals surface area contributed by atoms with Gasteiger partial charge in [-0.25, -0.2) is 0 Å². The molecular weight excluding hydrogens is 324 g/mol. The molecule has 0 heterocycles. The Kier molecular flexibility index (Phi) is 4.47. The van der Waals surface area contributed by atoms with E-state index in [-0.39, 0.29) is 0 Å². The van der Waals surface area contributed by atoms with Gasteiger partial charge in [0.15, 0.2) is 0 Å². The predicted octanol–water partition coefficient (Wildman–Crippen LogP) is 5.09. The second-order valence-corrected chi connectivity index (χ2v) is 5.56.